The Bertz CT molecular complexity index is 460. The largest absolute Gasteiger partial charge is 0.378 e. The van der Waals surface area contributed by atoms with Gasteiger partial charge in [-0.25, -0.2) is 4.39 Å². The molecule has 0 saturated carbocycles. The Balaban J connectivity index is 1.93. The van der Waals surface area contributed by atoms with Crippen LogP contribution >= 0.6 is 0 Å². The van der Waals surface area contributed by atoms with Gasteiger partial charge in [0.05, 0.1) is 6.10 Å². The second-order valence-corrected chi connectivity index (χ2v) is 6.25. The van der Waals surface area contributed by atoms with Crippen molar-refractivity contribution in [1.29, 1.82) is 0 Å². The van der Waals surface area contributed by atoms with E-state index in [1.165, 1.54) is 0 Å². The highest BCUT2D eigenvalue weighted by Crippen LogP contribution is 2.50. The summed E-state index contributed by atoms with van der Waals surface area (Å²) < 4.78 is 20.1. The van der Waals surface area contributed by atoms with Crippen molar-refractivity contribution in [2.75, 3.05) is 19.7 Å². The van der Waals surface area contributed by atoms with E-state index in [2.05, 4.69) is 12.2 Å². The van der Waals surface area contributed by atoms with Crippen molar-refractivity contribution in [2.24, 2.45) is 5.41 Å². The SMILES string of the molecule is CCC1CC2(CCNCC2c2ccccc2F)CCO1. The van der Waals surface area contributed by atoms with Crippen LogP contribution in [0.2, 0.25) is 0 Å². The monoisotopic (exact) mass is 277 g/mol. The fraction of sp³-hybridized carbons (Fsp3) is 0.647. The summed E-state index contributed by atoms with van der Waals surface area (Å²) >= 11 is 0. The zero-order chi connectivity index (χ0) is 14.0. The average molecular weight is 277 g/mol. The number of hydrogen-bond acceptors (Lipinski definition) is 2. The highest BCUT2D eigenvalue weighted by Gasteiger charge is 2.45. The van der Waals surface area contributed by atoms with Crippen molar-refractivity contribution >= 4 is 0 Å². The predicted octanol–water partition coefficient (Wildman–Crippen LogP) is 3.48. The molecule has 0 amide bonds. The van der Waals surface area contributed by atoms with Gasteiger partial charge in [-0.3, -0.25) is 0 Å². The molecule has 2 nitrogen and oxygen atoms in total. The number of hydrogen-bond donors (Lipinski definition) is 1. The molecule has 2 saturated heterocycles. The lowest BCUT2D eigenvalue weighted by Gasteiger charge is -2.49. The van der Waals surface area contributed by atoms with Gasteiger partial charge in [-0.05, 0) is 49.3 Å². The van der Waals surface area contributed by atoms with Crippen molar-refractivity contribution in [3.8, 4) is 0 Å². The van der Waals surface area contributed by atoms with Crippen molar-refractivity contribution < 1.29 is 9.13 Å². The van der Waals surface area contributed by atoms with Crippen LogP contribution in [0.4, 0.5) is 4.39 Å². The Labute approximate surface area is 120 Å². The van der Waals surface area contributed by atoms with E-state index in [0.717, 1.165) is 50.9 Å². The fourth-order valence-corrected chi connectivity index (χ4v) is 4.02. The maximum Gasteiger partial charge on any atom is 0.126 e. The van der Waals surface area contributed by atoms with Gasteiger partial charge >= 0.3 is 0 Å². The summed E-state index contributed by atoms with van der Waals surface area (Å²) in [5.41, 5.74) is 1.10. The van der Waals surface area contributed by atoms with Gasteiger partial charge in [-0.1, -0.05) is 25.1 Å². The normalized spacial score (nSPS) is 34.3. The maximum atomic E-state index is 14.2. The van der Waals surface area contributed by atoms with Gasteiger partial charge in [0.1, 0.15) is 5.82 Å². The van der Waals surface area contributed by atoms with Crippen LogP contribution in [0.1, 0.15) is 44.1 Å². The molecule has 1 aromatic rings. The number of ether oxygens (including phenoxy) is 1. The Morgan fingerprint density at radius 3 is 3.00 bits per heavy atom. The minimum Gasteiger partial charge on any atom is -0.378 e. The molecule has 3 rings (SSSR count). The van der Waals surface area contributed by atoms with E-state index in [4.69, 9.17) is 4.74 Å². The molecule has 0 bridgehead atoms. The quantitative estimate of drug-likeness (QED) is 0.893. The summed E-state index contributed by atoms with van der Waals surface area (Å²) in [7, 11) is 0. The number of nitrogens with one attached hydrogen (secondary N) is 1. The van der Waals surface area contributed by atoms with Crippen molar-refractivity contribution in [1.82, 2.24) is 5.32 Å². The molecule has 3 unspecified atom stereocenters. The molecule has 0 aliphatic carbocycles. The molecule has 2 aliphatic heterocycles. The first-order valence-electron chi connectivity index (χ1n) is 7.82. The van der Waals surface area contributed by atoms with Crippen LogP contribution in [0.25, 0.3) is 0 Å². The maximum absolute atomic E-state index is 14.2. The second kappa shape index (κ2) is 5.82. The van der Waals surface area contributed by atoms with E-state index in [0.29, 0.717) is 6.10 Å². The van der Waals surface area contributed by atoms with Crippen LogP contribution in [-0.4, -0.2) is 25.8 Å². The zero-order valence-corrected chi connectivity index (χ0v) is 12.2. The molecule has 1 N–H and O–H groups in total. The van der Waals surface area contributed by atoms with E-state index in [-0.39, 0.29) is 17.2 Å². The van der Waals surface area contributed by atoms with Crippen LogP contribution in [-0.2, 0) is 4.74 Å². The molecule has 1 aromatic carbocycles. The third-order valence-electron chi connectivity index (χ3n) is 5.21. The molecule has 20 heavy (non-hydrogen) atoms. The topological polar surface area (TPSA) is 21.3 Å². The molecular formula is C17H24FNO. The lowest BCUT2D eigenvalue weighted by atomic mass is 9.62. The summed E-state index contributed by atoms with van der Waals surface area (Å²) in [6, 6.07) is 7.29. The van der Waals surface area contributed by atoms with Gasteiger partial charge in [0.25, 0.3) is 0 Å². The molecular weight excluding hydrogens is 253 g/mol. The summed E-state index contributed by atoms with van der Waals surface area (Å²) in [6.45, 7) is 4.94. The summed E-state index contributed by atoms with van der Waals surface area (Å²) in [5, 5.41) is 3.46. The molecule has 3 heteroatoms. The summed E-state index contributed by atoms with van der Waals surface area (Å²) in [5.74, 6) is 0.218. The zero-order valence-electron chi connectivity index (χ0n) is 12.2. The van der Waals surface area contributed by atoms with Crippen LogP contribution in [0.3, 0.4) is 0 Å². The standard InChI is InChI=1S/C17H24FNO/c1-2-13-11-17(8-10-20-13)7-9-19-12-15(17)14-5-3-4-6-16(14)18/h3-6,13,15,19H,2,7-12H2,1H3. The molecule has 1 spiro atoms. The minimum absolute atomic E-state index is 0.0554. The van der Waals surface area contributed by atoms with Crippen molar-refractivity contribution in [3.05, 3.63) is 35.6 Å². The van der Waals surface area contributed by atoms with Gasteiger partial charge in [0.15, 0.2) is 0 Å². The number of benzene rings is 1. The van der Waals surface area contributed by atoms with Crippen LogP contribution in [0, 0.1) is 11.2 Å². The first-order chi connectivity index (χ1) is 9.75. The van der Waals surface area contributed by atoms with Gasteiger partial charge in [-0.2, -0.15) is 0 Å². The summed E-state index contributed by atoms with van der Waals surface area (Å²) in [4.78, 5) is 0. The number of rotatable bonds is 2. The minimum atomic E-state index is -0.0554. The van der Waals surface area contributed by atoms with Gasteiger partial charge in [0, 0.05) is 19.1 Å². The van der Waals surface area contributed by atoms with E-state index in [1.807, 2.05) is 12.1 Å². The second-order valence-electron chi connectivity index (χ2n) is 6.25. The Morgan fingerprint density at radius 1 is 1.35 bits per heavy atom. The average Bonchev–Trinajstić information content (AvgIpc) is 2.49. The lowest BCUT2D eigenvalue weighted by molar-refractivity contribution is -0.0694. The van der Waals surface area contributed by atoms with Gasteiger partial charge in [0.2, 0.25) is 0 Å². The summed E-state index contributed by atoms with van der Waals surface area (Å²) in [6.07, 6.45) is 4.66. The molecule has 2 heterocycles. The van der Waals surface area contributed by atoms with E-state index in [1.54, 1.807) is 12.1 Å². The molecule has 2 aliphatic rings. The van der Waals surface area contributed by atoms with E-state index >= 15 is 0 Å². The highest BCUT2D eigenvalue weighted by atomic mass is 19.1. The van der Waals surface area contributed by atoms with Gasteiger partial charge in [-0.15, -0.1) is 0 Å². The van der Waals surface area contributed by atoms with Crippen LogP contribution < -0.4 is 5.32 Å². The van der Waals surface area contributed by atoms with E-state index in [9.17, 15) is 4.39 Å². The lowest BCUT2D eigenvalue weighted by Crippen LogP contribution is -2.48. The number of halogens is 1. The smallest absolute Gasteiger partial charge is 0.126 e. The highest BCUT2D eigenvalue weighted by molar-refractivity contribution is 5.26. The molecule has 110 valence electrons. The third-order valence-corrected chi connectivity index (χ3v) is 5.21. The Hall–Kier alpha value is -0.930. The molecule has 2 fully saturated rings. The fourth-order valence-electron chi connectivity index (χ4n) is 4.02. The number of piperidine rings is 1. The van der Waals surface area contributed by atoms with Crippen LogP contribution in [0.5, 0.6) is 0 Å². The van der Waals surface area contributed by atoms with E-state index < -0.39 is 0 Å². The van der Waals surface area contributed by atoms with Gasteiger partial charge < -0.3 is 10.1 Å². The first kappa shape index (κ1) is 14.0. The molecule has 0 radical (unpaired) electrons. The Morgan fingerprint density at radius 2 is 2.20 bits per heavy atom. The Kier molecular flexibility index (Phi) is 4.08. The predicted molar refractivity (Wildman–Crippen MR) is 78.3 cm³/mol. The first-order valence-corrected chi connectivity index (χ1v) is 7.82. The third kappa shape index (κ3) is 2.49. The van der Waals surface area contributed by atoms with Crippen molar-refractivity contribution in [2.45, 2.75) is 44.6 Å². The molecule has 0 aromatic heterocycles. The molecule has 3 atom stereocenters. The van der Waals surface area contributed by atoms with Crippen molar-refractivity contribution in [3.63, 3.8) is 0 Å². The van der Waals surface area contributed by atoms with Crippen LogP contribution in [0.15, 0.2) is 24.3 Å².